The second kappa shape index (κ2) is 15.2. The van der Waals surface area contributed by atoms with E-state index in [9.17, 15) is 8.42 Å². The van der Waals surface area contributed by atoms with Crippen molar-refractivity contribution in [1.29, 1.82) is 0 Å². The summed E-state index contributed by atoms with van der Waals surface area (Å²) in [4.78, 5) is 0. The average Bonchev–Trinajstić information content (AvgIpc) is 2.50. The average molecular weight is 349 g/mol. The fraction of sp³-hybridized carbons (Fsp3) is 0.889. The van der Waals surface area contributed by atoms with Crippen molar-refractivity contribution in [2.45, 2.75) is 90.9 Å². The van der Waals surface area contributed by atoms with E-state index in [-0.39, 0.29) is 12.5 Å². The smallest absolute Gasteiger partial charge is 0.264 e. The van der Waals surface area contributed by atoms with Gasteiger partial charge in [-0.3, -0.25) is 4.55 Å². The normalized spacial score (nSPS) is 13.7. The Kier molecular flexibility index (Phi) is 14.9. The Morgan fingerprint density at radius 2 is 1.48 bits per heavy atom. The van der Waals surface area contributed by atoms with Gasteiger partial charge in [0.25, 0.3) is 0 Å². The predicted octanol–water partition coefficient (Wildman–Crippen LogP) is 5.70. The molecule has 0 radical (unpaired) electrons. The summed E-state index contributed by atoms with van der Waals surface area (Å²) >= 11 is 0. The Labute approximate surface area is 143 Å². The fourth-order valence-electron chi connectivity index (χ4n) is 2.56. The van der Waals surface area contributed by atoms with Crippen LogP contribution in [0.25, 0.3) is 0 Å². The molecule has 0 rings (SSSR count). The van der Waals surface area contributed by atoms with Crippen LogP contribution in [0.15, 0.2) is 12.2 Å². The molecule has 0 aromatic carbocycles. The van der Waals surface area contributed by atoms with Crippen LogP contribution in [-0.4, -0.2) is 19.6 Å². The summed E-state index contributed by atoms with van der Waals surface area (Å²) in [5.74, 6) is 0.0638. The van der Waals surface area contributed by atoms with Crippen molar-refractivity contribution in [3.05, 3.63) is 12.2 Å². The Hall–Kier alpha value is -0.390. The number of unbranched alkanes of at least 4 members (excludes halogenated alkanes) is 9. The van der Waals surface area contributed by atoms with Crippen LogP contribution < -0.4 is 0 Å². The lowest BCUT2D eigenvalue weighted by molar-refractivity contribution is 0.234. The van der Waals surface area contributed by atoms with Crippen LogP contribution >= 0.6 is 0 Å². The first-order chi connectivity index (χ1) is 11.0. The van der Waals surface area contributed by atoms with E-state index in [2.05, 4.69) is 24.1 Å². The van der Waals surface area contributed by atoms with Gasteiger partial charge in [0, 0.05) is 5.92 Å². The van der Waals surface area contributed by atoms with Crippen molar-refractivity contribution in [2.24, 2.45) is 5.92 Å². The molecule has 23 heavy (non-hydrogen) atoms. The number of rotatable bonds is 16. The highest BCUT2D eigenvalue weighted by Gasteiger charge is 2.11. The maximum atomic E-state index is 10.7. The minimum Gasteiger partial charge on any atom is -0.264 e. The Morgan fingerprint density at radius 1 is 0.913 bits per heavy atom. The molecule has 0 fully saturated rings. The maximum Gasteiger partial charge on any atom is 0.397 e. The summed E-state index contributed by atoms with van der Waals surface area (Å²) in [7, 11) is -4.34. The summed E-state index contributed by atoms with van der Waals surface area (Å²) in [5.41, 5.74) is 0. The molecular formula is C18H36O4S. The Bertz CT molecular complexity index is 376. The molecule has 0 saturated heterocycles. The van der Waals surface area contributed by atoms with Gasteiger partial charge in [0.1, 0.15) is 0 Å². The SMILES string of the molecule is CCCC/C=C/C(CCCCCCCCCC)COS(=O)(=O)O. The van der Waals surface area contributed by atoms with Crippen LogP contribution in [0, 0.1) is 5.92 Å². The topological polar surface area (TPSA) is 63.6 Å². The van der Waals surface area contributed by atoms with Gasteiger partial charge in [0.2, 0.25) is 0 Å². The van der Waals surface area contributed by atoms with E-state index in [1.165, 1.54) is 44.9 Å². The second-order valence-corrected chi connectivity index (χ2v) is 7.40. The highest BCUT2D eigenvalue weighted by Crippen LogP contribution is 2.16. The van der Waals surface area contributed by atoms with Gasteiger partial charge >= 0.3 is 10.4 Å². The first-order valence-corrected chi connectivity index (χ1v) is 10.6. The maximum absolute atomic E-state index is 10.7. The van der Waals surface area contributed by atoms with Crippen LogP contribution in [0.5, 0.6) is 0 Å². The lowest BCUT2D eigenvalue weighted by Crippen LogP contribution is -2.12. The summed E-state index contributed by atoms with van der Waals surface area (Å²) in [6, 6.07) is 0. The third-order valence-corrected chi connectivity index (χ3v) is 4.43. The largest absolute Gasteiger partial charge is 0.397 e. The molecule has 0 aliphatic rings. The van der Waals surface area contributed by atoms with Gasteiger partial charge in [0.05, 0.1) is 6.61 Å². The molecule has 0 heterocycles. The molecule has 0 amide bonds. The highest BCUT2D eigenvalue weighted by molar-refractivity contribution is 7.80. The Morgan fingerprint density at radius 3 is 2.04 bits per heavy atom. The van der Waals surface area contributed by atoms with E-state index < -0.39 is 10.4 Å². The van der Waals surface area contributed by atoms with E-state index in [1.54, 1.807) is 0 Å². The first-order valence-electron chi connectivity index (χ1n) is 9.28. The first kappa shape index (κ1) is 22.6. The molecule has 4 nitrogen and oxygen atoms in total. The van der Waals surface area contributed by atoms with Crippen molar-refractivity contribution in [2.75, 3.05) is 6.61 Å². The van der Waals surface area contributed by atoms with Gasteiger partial charge < -0.3 is 0 Å². The molecule has 138 valence electrons. The van der Waals surface area contributed by atoms with Gasteiger partial charge in [-0.2, -0.15) is 8.42 Å². The number of hydrogen-bond acceptors (Lipinski definition) is 3. The fourth-order valence-corrected chi connectivity index (χ4v) is 2.91. The minimum atomic E-state index is -4.34. The van der Waals surface area contributed by atoms with Gasteiger partial charge in [0.15, 0.2) is 0 Å². The van der Waals surface area contributed by atoms with E-state index in [0.717, 1.165) is 32.1 Å². The van der Waals surface area contributed by atoms with Crippen LogP contribution in [0.1, 0.15) is 90.9 Å². The van der Waals surface area contributed by atoms with Crippen molar-refractivity contribution in [3.8, 4) is 0 Å². The Balaban J connectivity index is 3.93. The number of allylic oxidation sites excluding steroid dienone is 1. The van der Waals surface area contributed by atoms with Gasteiger partial charge in [-0.1, -0.05) is 90.2 Å². The van der Waals surface area contributed by atoms with Crippen molar-refractivity contribution in [1.82, 2.24) is 0 Å². The van der Waals surface area contributed by atoms with E-state index in [1.807, 2.05) is 6.08 Å². The standard InChI is InChI=1S/C18H36O4S/c1-3-5-7-9-10-11-12-14-16-18(15-13-8-6-4-2)17-22-23(19,20)21/h13,15,18H,3-12,14,16-17H2,1-2H3,(H,19,20,21)/b15-13+. The molecule has 0 spiro atoms. The molecular weight excluding hydrogens is 312 g/mol. The molecule has 0 aromatic heterocycles. The monoisotopic (exact) mass is 348 g/mol. The molecule has 1 atom stereocenters. The summed E-state index contributed by atoms with van der Waals surface area (Å²) in [6.07, 6.45) is 18.4. The third-order valence-electron chi connectivity index (χ3n) is 3.99. The lowest BCUT2D eigenvalue weighted by atomic mass is 9.99. The third kappa shape index (κ3) is 17.8. The summed E-state index contributed by atoms with van der Waals surface area (Å²) in [5, 5.41) is 0. The molecule has 0 aliphatic heterocycles. The van der Waals surface area contributed by atoms with Crippen LogP contribution in [0.4, 0.5) is 0 Å². The molecule has 1 N–H and O–H groups in total. The quantitative estimate of drug-likeness (QED) is 0.221. The molecule has 0 saturated carbocycles. The van der Waals surface area contributed by atoms with Crippen LogP contribution in [0.2, 0.25) is 0 Å². The van der Waals surface area contributed by atoms with Crippen molar-refractivity contribution < 1.29 is 17.2 Å². The molecule has 5 heteroatoms. The van der Waals surface area contributed by atoms with E-state index in [0.29, 0.717) is 0 Å². The number of hydrogen-bond donors (Lipinski definition) is 1. The van der Waals surface area contributed by atoms with Gasteiger partial charge in [-0.25, -0.2) is 4.18 Å². The van der Waals surface area contributed by atoms with Crippen molar-refractivity contribution >= 4 is 10.4 Å². The summed E-state index contributed by atoms with van der Waals surface area (Å²) < 4.78 is 34.7. The van der Waals surface area contributed by atoms with Gasteiger partial charge in [-0.15, -0.1) is 0 Å². The van der Waals surface area contributed by atoms with E-state index in [4.69, 9.17) is 4.55 Å². The lowest BCUT2D eigenvalue weighted by Gasteiger charge is -2.12. The van der Waals surface area contributed by atoms with Crippen LogP contribution in [0.3, 0.4) is 0 Å². The van der Waals surface area contributed by atoms with E-state index >= 15 is 0 Å². The van der Waals surface area contributed by atoms with Crippen LogP contribution in [-0.2, 0) is 14.6 Å². The van der Waals surface area contributed by atoms with Crippen molar-refractivity contribution in [3.63, 3.8) is 0 Å². The molecule has 1 unspecified atom stereocenters. The highest BCUT2D eigenvalue weighted by atomic mass is 32.3. The minimum absolute atomic E-state index is 0.0396. The molecule has 0 bridgehead atoms. The zero-order valence-corrected chi connectivity index (χ0v) is 15.8. The molecule has 0 aromatic rings. The zero-order chi connectivity index (χ0) is 17.4. The second-order valence-electron chi connectivity index (χ2n) is 6.31. The zero-order valence-electron chi connectivity index (χ0n) is 15.0. The predicted molar refractivity (Wildman–Crippen MR) is 96.9 cm³/mol. The van der Waals surface area contributed by atoms with Gasteiger partial charge in [-0.05, 0) is 12.8 Å². The molecule has 0 aliphatic carbocycles. The summed E-state index contributed by atoms with van der Waals surface area (Å²) in [6.45, 7) is 4.41.